The van der Waals surface area contributed by atoms with Gasteiger partial charge in [-0.2, -0.15) is 0 Å². The fraction of sp³-hybridized carbons (Fsp3) is 0.0833. The molecule has 0 bridgehead atoms. The largest absolute Gasteiger partial charge is 0.308 e. The molecule has 12 nitrogen and oxygen atoms in total. The monoisotopic (exact) mass is 1390 g/mol. The molecular weight excluding hydrogens is 1320 g/mol. The summed E-state index contributed by atoms with van der Waals surface area (Å²) in [5, 5.41) is 14.2. The van der Waals surface area contributed by atoms with Crippen LogP contribution in [-0.2, 0) is 0 Å². The number of aromatic nitrogens is 8. The van der Waals surface area contributed by atoms with Crippen LogP contribution in [0.1, 0.15) is 44.5 Å². The number of anilines is 12. The summed E-state index contributed by atoms with van der Waals surface area (Å²) in [7, 11) is 0. The number of fused-ring (bicyclic) bond motifs is 8. The molecule has 0 amide bonds. The Labute approximate surface area is 623 Å². The smallest absolute Gasteiger partial charge is 0.0723 e. The van der Waals surface area contributed by atoms with Crippen LogP contribution in [0.15, 0.2) is 280 Å². The molecule has 20 aromatic rings. The van der Waals surface area contributed by atoms with Crippen LogP contribution in [0.25, 0.3) is 120 Å². The number of pyridine rings is 8. The van der Waals surface area contributed by atoms with E-state index >= 15 is 0 Å². The van der Waals surface area contributed by atoms with Crippen LogP contribution < -0.4 is 19.6 Å². The quantitative estimate of drug-likeness (QED) is 0.108. The van der Waals surface area contributed by atoms with Gasteiger partial charge in [0.15, 0.2) is 0 Å². The minimum atomic E-state index is 0.877. The minimum Gasteiger partial charge on any atom is -0.308 e. The highest BCUT2D eigenvalue weighted by Gasteiger charge is 2.35. The van der Waals surface area contributed by atoms with Crippen molar-refractivity contribution >= 4 is 188 Å². The highest BCUT2D eigenvalue weighted by atomic mass is 15.2. The first kappa shape index (κ1) is 63.8. The van der Waals surface area contributed by atoms with Gasteiger partial charge in [0.05, 0.1) is 112 Å². The zero-order chi connectivity index (χ0) is 72.7. The van der Waals surface area contributed by atoms with Crippen LogP contribution >= 0.6 is 0 Å². The molecule has 20 rings (SSSR count). The number of nitrogens with zero attached hydrogens (tertiary/aromatic N) is 12. The van der Waals surface area contributed by atoms with Gasteiger partial charge >= 0.3 is 0 Å². The lowest BCUT2D eigenvalue weighted by Crippen LogP contribution is -2.19. The molecule has 0 fully saturated rings. The van der Waals surface area contributed by atoms with E-state index in [4.69, 9.17) is 39.9 Å². The number of rotatable bonds is 12. The molecule has 0 aliphatic heterocycles. The van der Waals surface area contributed by atoms with Crippen LogP contribution in [-0.4, -0.2) is 39.9 Å². The van der Waals surface area contributed by atoms with Gasteiger partial charge in [-0.05, 0) is 161 Å². The Morgan fingerprint density at radius 1 is 0.167 bits per heavy atom. The number of aryl methyl sites for hydroxylation is 8. The third-order valence-corrected chi connectivity index (χ3v) is 22.0. The summed E-state index contributed by atoms with van der Waals surface area (Å²) in [6.07, 6.45) is 16.3. The molecule has 0 unspecified atom stereocenters. The third-order valence-electron chi connectivity index (χ3n) is 22.0. The fourth-order valence-electron chi connectivity index (χ4n) is 17.3. The molecule has 12 heteroatoms. The van der Waals surface area contributed by atoms with E-state index in [1.54, 1.807) is 0 Å². The summed E-state index contributed by atoms with van der Waals surface area (Å²) in [5.74, 6) is 0. The predicted octanol–water partition coefficient (Wildman–Crippen LogP) is 25.3. The standard InChI is InChI=1S/C96H70N12/c1-55-47-97-75-33-17-9-25-63(75)89(55)105(90-56(2)48-98-76-34-18-10-26-64(76)90)83-45-84(106(91-57(3)49-99-77-35-19-11-27-65(77)91)92-58(4)50-100-78-36-20-12-28-66(78)92)72-43-44-74-86(108(95-61(7)53-103-81-39-23-15-31-69(81)95)96-62(8)54-104-82-40-24-16-32-70(82)96)46-85(73-42-41-71(83)87(72)88(73)74)107(93-59(5)51-101-79-37-21-13-29-67(79)93)94-60(6)52-102-80-38-22-14-30-68(80)94/h9-54H,1-8H3. The van der Waals surface area contributed by atoms with Gasteiger partial charge in [0.1, 0.15) is 0 Å². The molecule has 12 aromatic carbocycles. The minimum absolute atomic E-state index is 0.877. The van der Waals surface area contributed by atoms with E-state index < -0.39 is 0 Å². The van der Waals surface area contributed by atoms with Crippen molar-refractivity contribution in [3.8, 4) is 0 Å². The van der Waals surface area contributed by atoms with Crippen LogP contribution in [0.5, 0.6) is 0 Å². The van der Waals surface area contributed by atoms with E-state index in [0.29, 0.717) is 0 Å². The molecular formula is C96H70N12. The molecule has 108 heavy (non-hydrogen) atoms. The first-order valence-electron chi connectivity index (χ1n) is 36.7. The maximum atomic E-state index is 5.20. The van der Waals surface area contributed by atoms with Crippen LogP contribution in [0.4, 0.5) is 68.2 Å². The maximum absolute atomic E-state index is 5.20. The zero-order valence-corrected chi connectivity index (χ0v) is 60.9. The maximum Gasteiger partial charge on any atom is 0.0723 e. The van der Waals surface area contributed by atoms with Crippen molar-refractivity contribution in [2.24, 2.45) is 0 Å². The molecule has 8 heterocycles. The topological polar surface area (TPSA) is 116 Å². The Bertz CT molecular complexity index is 5990. The van der Waals surface area contributed by atoms with E-state index in [-0.39, 0.29) is 0 Å². The van der Waals surface area contributed by atoms with Gasteiger partial charge in [-0.1, -0.05) is 170 Å². The van der Waals surface area contributed by atoms with Gasteiger partial charge in [-0.15, -0.1) is 0 Å². The lowest BCUT2D eigenvalue weighted by Gasteiger charge is -2.37. The molecule has 0 radical (unpaired) electrons. The number of benzene rings is 12. The lowest BCUT2D eigenvalue weighted by molar-refractivity contribution is 1.20. The molecule has 0 saturated carbocycles. The molecule has 0 aliphatic carbocycles. The zero-order valence-electron chi connectivity index (χ0n) is 60.9. The van der Waals surface area contributed by atoms with E-state index in [2.05, 4.69) is 306 Å². The second-order valence-electron chi connectivity index (χ2n) is 28.7. The average molecular weight is 1390 g/mol. The highest BCUT2D eigenvalue weighted by Crippen LogP contribution is 2.60. The lowest BCUT2D eigenvalue weighted by atomic mass is 9.88. The average Bonchev–Trinajstić information content (AvgIpc) is 0.690. The van der Waals surface area contributed by atoms with Crippen molar-refractivity contribution in [1.82, 2.24) is 39.9 Å². The first-order chi connectivity index (χ1) is 52.9. The first-order valence-corrected chi connectivity index (χ1v) is 36.7. The number of para-hydroxylation sites is 8. The summed E-state index contributed by atoms with van der Waals surface area (Å²) >= 11 is 0. The van der Waals surface area contributed by atoms with Gasteiger partial charge in [0.2, 0.25) is 0 Å². The summed E-state index contributed by atoms with van der Waals surface area (Å²) in [4.78, 5) is 51.8. The fourth-order valence-corrected chi connectivity index (χ4v) is 17.3. The third kappa shape index (κ3) is 9.76. The van der Waals surface area contributed by atoms with Gasteiger partial charge in [-0.3, -0.25) is 39.9 Å². The van der Waals surface area contributed by atoms with Crippen LogP contribution in [0.3, 0.4) is 0 Å². The van der Waals surface area contributed by atoms with Gasteiger partial charge < -0.3 is 19.6 Å². The SMILES string of the molecule is Cc1cnc2ccccc2c1N(c1c(C)cnc2ccccc12)c1cc(N(c2c(C)cnc3ccccc23)c2c(C)cnc3ccccc23)c2ccc3c(N(c4c(C)cnc5ccccc45)c4c(C)cnc5ccccc45)cc(N(c4c(C)cnc5ccccc45)c4c(C)cnc5ccccc45)c4ccc1c2c43. The summed E-state index contributed by atoms with van der Waals surface area (Å²) in [6.45, 7) is 17.6. The molecule has 0 saturated heterocycles. The van der Waals surface area contributed by atoms with Gasteiger partial charge in [0, 0.05) is 125 Å². The van der Waals surface area contributed by atoms with Crippen molar-refractivity contribution in [2.45, 2.75) is 55.4 Å². The molecule has 0 atom stereocenters. The molecule has 8 aromatic heterocycles. The summed E-state index contributed by atoms with van der Waals surface area (Å²) in [5.41, 5.74) is 26.8. The summed E-state index contributed by atoms with van der Waals surface area (Å²) < 4.78 is 0. The second kappa shape index (κ2) is 24.9. The second-order valence-corrected chi connectivity index (χ2v) is 28.7. The highest BCUT2D eigenvalue weighted by molar-refractivity contribution is 6.34. The van der Waals surface area contributed by atoms with E-state index in [1.807, 2.05) is 49.6 Å². The summed E-state index contributed by atoms with van der Waals surface area (Å²) in [6, 6.07) is 83.2. The molecule has 514 valence electrons. The Morgan fingerprint density at radius 2 is 0.306 bits per heavy atom. The van der Waals surface area contributed by atoms with Crippen molar-refractivity contribution in [1.29, 1.82) is 0 Å². The van der Waals surface area contributed by atoms with E-state index in [1.165, 1.54) is 0 Å². The van der Waals surface area contributed by atoms with Crippen molar-refractivity contribution in [3.63, 3.8) is 0 Å². The van der Waals surface area contributed by atoms with Crippen LogP contribution in [0, 0.1) is 55.4 Å². The molecule has 0 aliphatic rings. The van der Waals surface area contributed by atoms with Crippen molar-refractivity contribution in [3.05, 3.63) is 325 Å². The van der Waals surface area contributed by atoms with Crippen molar-refractivity contribution < 1.29 is 0 Å². The molecule has 0 N–H and O–H groups in total. The van der Waals surface area contributed by atoms with Crippen LogP contribution in [0.2, 0.25) is 0 Å². The number of hydrogen-bond acceptors (Lipinski definition) is 12. The van der Waals surface area contributed by atoms with Gasteiger partial charge in [-0.25, -0.2) is 0 Å². The van der Waals surface area contributed by atoms with Crippen molar-refractivity contribution in [2.75, 3.05) is 19.6 Å². The normalized spacial score (nSPS) is 11.9. The van der Waals surface area contributed by atoms with Gasteiger partial charge in [0.25, 0.3) is 0 Å². The Kier molecular flexibility index (Phi) is 14.7. The number of hydrogen-bond donors (Lipinski definition) is 0. The Hall–Kier alpha value is -13.8. The molecule has 0 spiro atoms. The Morgan fingerprint density at radius 3 is 0.454 bits per heavy atom. The predicted molar refractivity (Wildman–Crippen MR) is 449 cm³/mol. The van der Waals surface area contributed by atoms with E-state index in [0.717, 1.165) is 232 Å². The van der Waals surface area contributed by atoms with E-state index in [9.17, 15) is 0 Å². The Balaban J connectivity index is 1.07.